The highest BCUT2D eigenvalue weighted by atomic mass is 15.1. The quantitative estimate of drug-likeness (QED) is 0.641. The summed E-state index contributed by atoms with van der Waals surface area (Å²) in [6, 6.07) is 7.83. The summed E-state index contributed by atoms with van der Waals surface area (Å²) in [6.07, 6.45) is 0. The van der Waals surface area contributed by atoms with Crippen LogP contribution in [-0.4, -0.2) is 19.9 Å². The molecule has 0 spiro atoms. The minimum absolute atomic E-state index is 0.0193. The molecule has 0 radical (unpaired) electrons. The fourth-order valence-corrected chi connectivity index (χ4v) is 1.75. The van der Waals surface area contributed by atoms with Crippen molar-refractivity contribution in [3.05, 3.63) is 30.1 Å². The Labute approximate surface area is 99.1 Å². The van der Waals surface area contributed by atoms with Crippen LogP contribution in [0.2, 0.25) is 0 Å². The highest BCUT2D eigenvalue weighted by molar-refractivity contribution is 5.82. The van der Waals surface area contributed by atoms with E-state index in [1.807, 2.05) is 24.3 Å². The van der Waals surface area contributed by atoms with Gasteiger partial charge in [-0.05, 0) is 12.1 Å². The third-order valence-electron chi connectivity index (χ3n) is 2.72. The molecule has 1 N–H and O–H groups in total. The Balaban J connectivity index is 2.32. The molecule has 0 unspecified atom stereocenters. The molecule has 0 aliphatic carbocycles. The zero-order valence-electron chi connectivity index (χ0n) is 10.2. The topological polar surface area (TPSA) is 54.5 Å². The lowest BCUT2D eigenvalue weighted by Crippen LogP contribution is -2.13. The summed E-state index contributed by atoms with van der Waals surface area (Å²) < 4.78 is 0. The third-order valence-corrected chi connectivity index (χ3v) is 2.72. The van der Waals surface area contributed by atoms with Crippen molar-refractivity contribution >= 4 is 22.3 Å². The Kier molecular flexibility index (Phi) is 1.96. The highest BCUT2D eigenvalue weighted by Gasteiger charge is 2.19. The van der Waals surface area contributed by atoms with Crippen molar-refractivity contribution in [3.63, 3.8) is 0 Å². The number of H-pyrrole nitrogens is 1. The van der Waals surface area contributed by atoms with Gasteiger partial charge in [0.05, 0.1) is 11.0 Å². The molecule has 1 aromatic carbocycles. The van der Waals surface area contributed by atoms with E-state index < -0.39 is 0 Å². The van der Waals surface area contributed by atoms with Crippen LogP contribution in [0.25, 0.3) is 22.3 Å². The molecule has 2 aromatic heterocycles. The Bertz CT molecular complexity index is 639. The highest BCUT2D eigenvalue weighted by Crippen LogP contribution is 2.22. The van der Waals surface area contributed by atoms with Gasteiger partial charge in [-0.25, -0.2) is 15.0 Å². The van der Waals surface area contributed by atoms with E-state index >= 15 is 0 Å². The SMILES string of the molecule is CC(C)(C)c1nc2nc3ccccc3nc2[nH]1. The average molecular weight is 226 g/mol. The van der Waals surface area contributed by atoms with E-state index in [-0.39, 0.29) is 5.41 Å². The van der Waals surface area contributed by atoms with Gasteiger partial charge in [0, 0.05) is 5.41 Å². The first-order chi connectivity index (χ1) is 8.04. The molecule has 0 saturated carbocycles. The van der Waals surface area contributed by atoms with Gasteiger partial charge < -0.3 is 4.98 Å². The smallest absolute Gasteiger partial charge is 0.198 e. The Hall–Kier alpha value is -1.97. The van der Waals surface area contributed by atoms with Gasteiger partial charge >= 0.3 is 0 Å². The number of nitrogens with one attached hydrogen (secondary N) is 1. The number of fused-ring (bicyclic) bond motifs is 2. The monoisotopic (exact) mass is 226 g/mol. The van der Waals surface area contributed by atoms with E-state index in [1.54, 1.807) is 0 Å². The minimum atomic E-state index is -0.0193. The van der Waals surface area contributed by atoms with Crippen LogP contribution in [0.1, 0.15) is 26.6 Å². The van der Waals surface area contributed by atoms with Crippen LogP contribution in [-0.2, 0) is 5.41 Å². The standard InChI is InChI=1S/C13H14N4/c1-13(2,3)12-16-10-11(17-12)15-9-7-5-4-6-8(9)14-10/h4-7H,1-3H3,(H,14,15,16,17). The van der Waals surface area contributed by atoms with Crippen molar-refractivity contribution in [2.45, 2.75) is 26.2 Å². The molecule has 86 valence electrons. The van der Waals surface area contributed by atoms with E-state index in [0.29, 0.717) is 5.65 Å². The molecule has 0 fully saturated rings. The van der Waals surface area contributed by atoms with Gasteiger partial charge in [0.25, 0.3) is 0 Å². The first-order valence-electron chi connectivity index (χ1n) is 5.67. The maximum absolute atomic E-state index is 4.53. The van der Waals surface area contributed by atoms with Crippen molar-refractivity contribution in [2.75, 3.05) is 0 Å². The largest absolute Gasteiger partial charge is 0.325 e. The van der Waals surface area contributed by atoms with E-state index in [9.17, 15) is 0 Å². The molecule has 3 rings (SSSR count). The molecule has 4 heteroatoms. The van der Waals surface area contributed by atoms with Crippen LogP contribution in [0.15, 0.2) is 24.3 Å². The van der Waals surface area contributed by atoms with E-state index in [1.165, 1.54) is 0 Å². The van der Waals surface area contributed by atoms with Crippen molar-refractivity contribution in [2.24, 2.45) is 0 Å². The molecule has 0 amide bonds. The number of benzene rings is 1. The zero-order chi connectivity index (χ0) is 12.0. The van der Waals surface area contributed by atoms with Crippen LogP contribution in [0.3, 0.4) is 0 Å². The number of rotatable bonds is 0. The molecule has 4 nitrogen and oxygen atoms in total. The zero-order valence-corrected chi connectivity index (χ0v) is 10.2. The van der Waals surface area contributed by atoms with Crippen molar-refractivity contribution < 1.29 is 0 Å². The Morgan fingerprint density at radius 1 is 0.941 bits per heavy atom. The van der Waals surface area contributed by atoms with Crippen LogP contribution < -0.4 is 0 Å². The van der Waals surface area contributed by atoms with Crippen LogP contribution in [0.4, 0.5) is 0 Å². The normalized spacial score (nSPS) is 12.4. The second kappa shape index (κ2) is 3.26. The Morgan fingerprint density at radius 3 is 2.24 bits per heavy atom. The summed E-state index contributed by atoms with van der Waals surface area (Å²) in [5, 5.41) is 0. The molecule has 17 heavy (non-hydrogen) atoms. The van der Waals surface area contributed by atoms with E-state index in [2.05, 4.69) is 40.7 Å². The molecule has 2 heterocycles. The van der Waals surface area contributed by atoms with Crippen molar-refractivity contribution in [1.29, 1.82) is 0 Å². The molecule has 0 aliphatic rings. The number of imidazole rings is 1. The third kappa shape index (κ3) is 1.65. The number of nitrogens with zero attached hydrogens (tertiary/aromatic N) is 3. The summed E-state index contributed by atoms with van der Waals surface area (Å²) >= 11 is 0. The van der Waals surface area contributed by atoms with Gasteiger partial charge in [-0.3, -0.25) is 0 Å². The van der Waals surface area contributed by atoms with Gasteiger partial charge in [0.1, 0.15) is 5.82 Å². The molecule has 0 saturated heterocycles. The summed E-state index contributed by atoms with van der Waals surface area (Å²) in [7, 11) is 0. The molecule has 0 aliphatic heterocycles. The molecular weight excluding hydrogens is 212 g/mol. The predicted octanol–water partition coefficient (Wildman–Crippen LogP) is 2.80. The van der Waals surface area contributed by atoms with Gasteiger partial charge in [0.15, 0.2) is 11.3 Å². The Morgan fingerprint density at radius 2 is 1.59 bits per heavy atom. The van der Waals surface area contributed by atoms with E-state index in [0.717, 1.165) is 22.5 Å². The van der Waals surface area contributed by atoms with Gasteiger partial charge in [0.2, 0.25) is 0 Å². The summed E-state index contributed by atoms with van der Waals surface area (Å²) in [6.45, 7) is 6.35. The van der Waals surface area contributed by atoms with Crippen LogP contribution in [0, 0.1) is 0 Å². The minimum Gasteiger partial charge on any atom is -0.325 e. The maximum atomic E-state index is 4.53. The molecule has 0 atom stereocenters. The lowest BCUT2D eigenvalue weighted by molar-refractivity contribution is 0.554. The number of aromatic amines is 1. The molecular formula is C13H14N4. The fraction of sp³-hybridized carbons (Fsp3) is 0.308. The van der Waals surface area contributed by atoms with Crippen molar-refractivity contribution in [1.82, 2.24) is 19.9 Å². The fourth-order valence-electron chi connectivity index (χ4n) is 1.75. The maximum Gasteiger partial charge on any atom is 0.198 e. The molecule has 3 aromatic rings. The second-order valence-electron chi connectivity index (χ2n) is 5.22. The summed E-state index contributed by atoms with van der Waals surface area (Å²) in [4.78, 5) is 16.8. The number of hydrogen-bond acceptors (Lipinski definition) is 3. The number of hydrogen-bond donors (Lipinski definition) is 1. The lowest BCUT2D eigenvalue weighted by Gasteiger charge is -2.13. The average Bonchev–Trinajstić information content (AvgIpc) is 2.68. The lowest BCUT2D eigenvalue weighted by atomic mass is 9.96. The predicted molar refractivity (Wildman–Crippen MR) is 67.9 cm³/mol. The first-order valence-corrected chi connectivity index (χ1v) is 5.67. The van der Waals surface area contributed by atoms with E-state index in [4.69, 9.17) is 0 Å². The van der Waals surface area contributed by atoms with Crippen LogP contribution >= 0.6 is 0 Å². The number of aromatic nitrogens is 4. The second-order valence-corrected chi connectivity index (χ2v) is 5.22. The van der Waals surface area contributed by atoms with Gasteiger partial charge in [-0.2, -0.15) is 0 Å². The molecule has 0 bridgehead atoms. The van der Waals surface area contributed by atoms with Crippen LogP contribution in [0.5, 0.6) is 0 Å². The van der Waals surface area contributed by atoms with Crippen molar-refractivity contribution in [3.8, 4) is 0 Å². The summed E-state index contributed by atoms with van der Waals surface area (Å²) in [5.74, 6) is 0.919. The number of para-hydroxylation sites is 2. The van der Waals surface area contributed by atoms with Gasteiger partial charge in [-0.15, -0.1) is 0 Å². The summed E-state index contributed by atoms with van der Waals surface area (Å²) in [5.41, 5.74) is 3.20. The van der Waals surface area contributed by atoms with Gasteiger partial charge in [-0.1, -0.05) is 32.9 Å². The first kappa shape index (κ1) is 10.2.